The van der Waals surface area contributed by atoms with E-state index in [1.165, 1.54) is 0 Å². The van der Waals surface area contributed by atoms with E-state index in [9.17, 15) is 4.79 Å². The summed E-state index contributed by atoms with van der Waals surface area (Å²) in [6.45, 7) is 2.41. The number of carbonyl (C=O) groups is 1. The van der Waals surface area contributed by atoms with Gasteiger partial charge in [0, 0.05) is 10.0 Å². The number of halogens is 1. The van der Waals surface area contributed by atoms with Gasteiger partial charge in [0.05, 0.1) is 13.7 Å². The summed E-state index contributed by atoms with van der Waals surface area (Å²) in [5.74, 6) is 1.06. The van der Waals surface area contributed by atoms with Gasteiger partial charge in [-0.25, -0.2) is 9.79 Å². The lowest BCUT2D eigenvalue weighted by atomic mass is 10.1. The van der Waals surface area contributed by atoms with Crippen LogP contribution in [0.5, 0.6) is 11.5 Å². The van der Waals surface area contributed by atoms with Crippen LogP contribution in [0.2, 0.25) is 0 Å². The maximum absolute atomic E-state index is 12.1. The van der Waals surface area contributed by atoms with Crippen molar-refractivity contribution >= 4 is 33.9 Å². The van der Waals surface area contributed by atoms with Gasteiger partial charge in [0.25, 0.3) is 0 Å². The average molecular weight is 402 g/mol. The molecule has 0 fully saturated rings. The maximum atomic E-state index is 12.1. The van der Waals surface area contributed by atoms with Gasteiger partial charge in [-0.2, -0.15) is 0 Å². The van der Waals surface area contributed by atoms with Crippen molar-refractivity contribution in [2.24, 2.45) is 4.99 Å². The van der Waals surface area contributed by atoms with Crippen molar-refractivity contribution in [2.45, 2.75) is 6.92 Å². The third-order valence-electron chi connectivity index (χ3n) is 3.50. The van der Waals surface area contributed by atoms with Crippen LogP contribution < -0.4 is 9.47 Å². The van der Waals surface area contributed by atoms with Crippen LogP contribution in [0.4, 0.5) is 0 Å². The highest BCUT2D eigenvalue weighted by molar-refractivity contribution is 9.10. The van der Waals surface area contributed by atoms with Gasteiger partial charge < -0.3 is 14.2 Å². The van der Waals surface area contributed by atoms with E-state index in [2.05, 4.69) is 20.9 Å². The largest absolute Gasteiger partial charge is 0.493 e. The highest BCUT2D eigenvalue weighted by Gasteiger charge is 2.24. The first-order valence-electron chi connectivity index (χ1n) is 7.70. The van der Waals surface area contributed by atoms with Gasteiger partial charge in [-0.15, -0.1) is 0 Å². The molecule has 128 valence electrons. The number of hydrogen-bond donors (Lipinski definition) is 0. The molecule has 2 aromatic carbocycles. The van der Waals surface area contributed by atoms with E-state index in [0.717, 1.165) is 15.6 Å². The Labute approximate surface area is 154 Å². The van der Waals surface area contributed by atoms with Gasteiger partial charge in [0.2, 0.25) is 5.90 Å². The number of aliphatic imine (C=N–C) groups is 1. The highest BCUT2D eigenvalue weighted by Crippen LogP contribution is 2.29. The lowest BCUT2D eigenvalue weighted by Gasteiger charge is -2.09. The standard InChI is InChI=1S/C19H16BrNO4/c1-3-24-17-11-12(4-9-16(17)23-2)10-15-19(22)25-18(21-15)13-5-7-14(20)8-6-13/h4-11H,3H2,1-2H3/b15-10-. The second-order valence-electron chi connectivity index (χ2n) is 5.19. The summed E-state index contributed by atoms with van der Waals surface area (Å²) >= 11 is 3.37. The van der Waals surface area contributed by atoms with Crippen molar-refractivity contribution in [3.05, 3.63) is 63.8 Å². The predicted molar refractivity (Wildman–Crippen MR) is 98.9 cm³/mol. The topological polar surface area (TPSA) is 57.1 Å². The third-order valence-corrected chi connectivity index (χ3v) is 4.03. The Bertz CT molecular complexity index is 856. The zero-order valence-corrected chi connectivity index (χ0v) is 15.4. The lowest BCUT2D eigenvalue weighted by molar-refractivity contribution is -0.129. The number of esters is 1. The van der Waals surface area contributed by atoms with Gasteiger partial charge in [-0.1, -0.05) is 22.0 Å². The molecule has 0 aromatic heterocycles. The first-order chi connectivity index (χ1) is 12.1. The van der Waals surface area contributed by atoms with Crippen molar-refractivity contribution in [1.82, 2.24) is 0 Å². The molecular formula is C19H16BrNO4. The molecule has 0 spiro atoms. The minimum atomic E-state index is -0.480. The van der Waals surface area contributed by atoms with Crippen LogP contribution >= 0.6 is 15.9 Å². The second kappa shape index (κ2) is 7.53. The van der Waals surface area contributed by atoms with Crippen molar-refractivity contribution < 1.29 is 19.0 Å². The molecule has 0 N–H and O–H groups in total. The lowest BCUT2D eigenvalue weighted by Crippen LogP contribution is -2.05. The fraction of sp³-hybridized carbons (Fsp3) is 0.158. The smallest absolute Gasteiger partial charge is 0.363 e. The molecule has 5 nitrogen and oxygen atoms in total. The summed E-state index contributed by atoms with van der Waals surface area (Å²) < 4.78 is 17.0. The SMILES string of the molecule is CCOc1cc(/C=C2\N=C(c3ccc(Br)cc3)OC2=O)ccc1OC. The van der Waals surface area contributed by atoms with Crippen molar-refractivity contribution in [2.75, 3.05) is 13.7 Å². The maximum Gasteiger partial charge on any atom is 0.363 e. The van der Waals surface area contributed by atoms with Crippen LogP contribution in [0.25, 0.3) is 6.08 Å². The first-order valence-corrected chi connectivity index (χ1v) is 8.49. The quantitative estimate of drug-likeness (QED) is 0.556. The van der Waals surface area contributed by atoms with E-state index >= 15 is 0 Å². The molecular weight excluding hydrogens is 386 g/mol. The molecule has 1 heterocycles. The summed E-state index contributed by atoms with van der Waals surface area (Å²) in [6, 6.07) is 12.8. The van der Waals surface area contributed by atoms with E-state index in [-0.39, 0.29) is 5.70 Å². The molecule has 0 saturated carbocycles. The van der Waals surface area contributed by atoms with E-state index in [0.29, 0.717) is 24.0 Å². The fourth-order valence-electron chi connectivity index (χ4n) is 2.33. The van der Waals surface area contributed by atoms with E-state index < -0.39 is 5.97 Å². The molecule has 3 rings (SSSR count). The molecule has 6 heteroatoms. The van der Waals surface area contributed by atoms with Crippen LogP contribution in [0.1, 0.15) is 18.1 Å². The van der Waals surface area contributed by atoms with E-state index in [1.54, 1.807) is 25.3 Å². The first kappa shape index (κ1) is 17.2. The number of cyclic esters (lactones) is 1. The molecule has 0 unspecified atom stereocenters. The molecule has 0 saturated heterocycles. The second-order valence-corrected chi connectivity index (χ2v) is 6.10. The molecule has 1 aliphatic rings. The molecule has 0 aliphatic carbocycles. The van der Waals surface area contributed by atoms with Gasteiger partial charge >= 0.3 is 5.97 Å². The molecule has 0 atom stereocenters. The third kappa shape index (κ3) is 3.91. The number of ether oxygens (including phenoxy) is 3. The Morgan fingerprint density at radius 2 is 1.92 bits per heavy atom. The Morgan fingerprint density at radius 3 is 2.60 bits per heavy atom. The summed E-state index contributed by atoms with van der Waals surface area (Å²) in [5, 5.41) is 0. The number of methoxy groups -OCH3 is 1. The molecule has 25 heavy (non-hydrogen) atoms. The summed E-state index contributed by atoms with van der Waals surface area (Å²) in [4.78, 5) is 16.4. The van der Waals surface area contributed by atoms with Gasteiger partial charge in [0.15, 0.2) is 17.2 Å². The summed E-state index contributed by atoms with van der Waals surface area (Å²) in [5.41, 5.74) is 1.76. The molecule has 0 amide bonds. The number of benzene rings is 2. The predicted octanol–water partition coefficient (Wildman–Crippen LogP) is 4.20. The fourth-order valence-corrected chi connectivity index (χ4v) is 2.60. The normalized spacial score (nSPS) is 15.1. The Balaban J connectivity index is 1.91. The minimum Gasteiger partial charge on any atom is -0.493 e. The van der Waals surface area contributed by atoms with Crippen LogP contribution in [0, 0.1) is 0 Å². The van der Waals surface area contributed by atoms with Crippen LogP contribution in [-0.4, -0.2) is 25.6 Å². The van der Waals surface area contributed by atoms with Gasteiger partial charge in [-0.3, -0.25) is 0 Å². The van der Waals surface area contributed by atoms with E-state index in [4.69, 9.17) is 14.2 Å². The van der Waals surface area contributed by atoms with Crippen LogP contribution in [0.3, 0.4) is 0 Å². The summed E-state index contributed by atoms with van der Waals surface area (Å²) in [7, 11) is 1.58. The van der Waals surface area contributed by atoms with Crippen LogP contribution in [0.15, 0.2) is 57.6 Å². The Kier molecular flexibility index (Phi) is 5.19. The molecule has 0 bridgehead atoms. The van der Waals surface area contributed by atoms with Crippen LogP contribution in [-0.2, 0) is 9.53 Å². The number of rotatable bonds is 5. The Morgan fingerprint density at radius 1 is 1.16 bits per heavy atom. The van der Waals surface area contributed by atoms with Crippen molar-refractivity contribution in [1.29, 1.82) is 0 Å². The Hall–Kier alpha value is -2.60. The van der Waals surface area contributed by atoms with Gasteiger partial charge in [-0.05, 0) is 55.0 Å². The van der Waals surface area contributed by atoms with Gasteiger partial charge in [0.1, 0.15) is 0 Å². The minimum absolute atomic E-state index is 0.241. The van der Waals surface area contributed by atoms with E-state index in [1.807, 2.05) is 37.3 Å². The van der Waals surface area contributed by atoms with Crippen molar-refractivity contribution in [3.63, 3.8) is 0 Å². The van der Waals surface area contributed by atoms with Crippen molar-refractivity contribution in [3.8, 4) is 11.5 Å². The summed E-state index contributed by atoms with van der Waals surface area (Å²) in [6.07, 6.45) is 1.66. The molecule has 0 radical (unpaired) electrons. The number of carbonyl (C=O) groups excluding carboxylic acids is 1. The molecule has 2 aromatic rings. The number of nitrogens with zero attached hydrogens (tertiary/aromatic N) is 1. The highest BCUT2D eigenvalue weighted by atomic mass is 79.9. The average Bonchev–Trinajstić information content (AvgIpc) is 2.97. The number of hydrogen-bond acceptors (Lipinski definition) is 5. The zero-order chi connectivity index (χ0) is 17.8. The monoisotopic (exact) mass is 401 g/mol. The molecule has 1 aliphatic heterocycles. The zero-order valence-electron chi connectivity index (χ0n) is 13.8.